The number of phenols is 1. The molecule has 0 bridgehead atoms. The lowest BCUT2D eigenvalue weighted by Gasteiger charge is -1.93. The van der Waals surface area contributed by atoms with Gasteiger partial charge in [-0.3, -0.25) is 0 Å². The minimum atomic E-state index is 0.240. The van der Waals surface area contributed by atoms with Crippen molar-refractivity contribution in [3.05, 3.63) is 35.9 Å². The summed E-state index contributed by atoms with van der Waals surface area (Å²) < 4.78 is 0. The zero-order valence-electron chi connectivity index (χ0n) is 7.31. The third kappa shape index (κ3) is 2.99. The van der Waals surface area contributed by atoms with Gasteiger partial charge in [0.05, 0.1) is 5.71 Å². The largest absolute Gasteiger partial charge is 0.508 e. The molecular weight excluding hydrogens is 166 g/mol. The second-order valence-electron chi connectivity index (χ2n) is 2.67. The molecule has 0 amide bonds. The standard InChI is InChI=1S/C10H11NO2/c1-8(11-13)2-3-9-4-6-10(12)7-5-9/h2-7,12-13H,1H3/b3-2+,11-8-. The predicted octanol–water partition coefficient (Wildman–Crippen LogP) is 2.26. The maximum absolute atomic E-state index is 8.99. The van der Waals surface area contributed by atoms with Crippen LogP contribution in [-0.2, 0) is 0 Å². The van der Waals surface area contributed by atoms with E-state index in [4.69, 9.17) is 10.3 Å². The van der Waals surface area contributed by atoms with Gasteiger partial charge >= 0.3 is 0 Å². The molecule has 2 N–H and O–H groups in total. The van der Waals surface area contributed by atoms with Gasteiger partial charge in [-0.05, 0) is 30.7 Å². The number of nitrogens with zero attached hydrogens (tertiary/aromatic N) is 1. The highest BCUT2D eigenvalue weighted by Gasteiger charge is 1.88. The van der Waals surface area contributed by atoms with Crippen LogP contribution in [0.3, 0.4) is 0 Å². The summed E-state index contributed by atoms with van der Waals surface area (Å²) in [6.45, 7) is 1.69. The fourth-order valence-corrected chi connectivity index (χ4v) is 0.836. The van der Waals surface area contributed by atoms with Gasteiger partial charge in [0.25, 0.3) is 0 Å². The highest BCUT2D eigenvalue weighted by molar-refractivity contribution is 5.95. The Morgan fingerprint density at radius 1 is 1.31 bits per heavy atom. The molecule has 1 rings (SSSR count). The van der Waals surface area contributed by atoms with Crippen LogP contribution in [0.15, 0.2) is 35.5 Å². The molecule has 0 aliphatic heterocycles. The lowest BCUT2D eigenvalue weighted by molar-refractivity contribution is 0.319. The molecule has 0 saturated carbocycles. The first-order chi connectivity index (χ1) is 6.22. The number of aromatic hydroxyl groups is 1. The second-order valence-corrected chi connectivity index (χ2v) is 2.67. The molecule has 68 valence electrons. The number of phenolic OH excluding ortho intramolecular Hbond substituents is 1. The first-order valence-corrected chi connectivity index (χ1v) is 3.88. The summed E-state index contributed by atoms with van der Waals surface area (Å²) in [6, 6.07) is 6.75. The van der Waals surface area contributed by atoms with Crippen molar-refractivity contribution in [1.82, 2.24) is 0 Å². The van der Waals surface area contributed by atoms with Gasteiger partial charge in [0.2, 0.25) is 0 Å². The second kappa shape index (κ2) is 4.30. The predicted molar refractivity (Wildman–Crippen MR) is 52.0 cm³/mol. The Morgan fingerprint density at radius 2 is 1.92 bits per heavy atom. The van der Waals surface area contributed by atoms with Crippen molar-refractivity contribution in [2.45, 2.75) is 6.92 Å². The number of hydrogen-bond acceptors (Lipinski definition) is 3. The lowest BCUT2D eigenvalue weighted by atomic mass is 10.2. The van der Waals surface area contributed by atoms with E-state index in [0.717, 1.165) is 5.56 Å². The number of rotatable bonds is 2. The van der Waals surface area contributed by atoms with Crippen molar-refractivity contribution in [1.29, 1.82) is 0 Å². The van der Waals surface area contributed by atoms with Crippen LogP contribution in [0.4, 0.5) is 0 Å². The van der Waals surface area contributed by atoms with E-state index in [2.05, 4.69) is 5.16 Å². The molecule has 1 aromatic carbocycles. The molecule has 0 aliphatic rings. The fraction of sp³-hybridized carbons (Fsp3) is 0.100. The SMILES string of the molecule is CC(/C=C/c1ccc(O)cc1)=N/O. The quantitative estimate of drug-likeness (QED) is 0.413. The summed E-state index contributed by atoms with van der Waals surface area (Å²) in [5.74, 6) is 0.240. The Kier molecular flexibility index (Phi) is 3.09. The van der Waals surface area contributed by atoms with E-state index in [1.165, 1.54) is 0 Å². The zero-order valence-corrected chi connectivity index (χ0v) is 7.31. The summed E-state index contributed by atoms with van der Waals surface area (Å²) in [4.78, 5) is 0. The molecule has 0 atom stereocenters. The topological polar surface area (TPSA) is 52.8 Å². The van der Waals surface area contributed by atoms with Crippen LogP contribution in [0.5, 0.6) is 5.75 Å². The van der Waals surface area contributed by atoms with Crippen molar-refractivity contribution < 1.29 is 10.3 Å². The minimum absolute atomic E-state index is 0.240. The van der Waals surface area contributed by atoms with E-state index in [1.807, 2.05) is 0 Å². The first kappa shape index (κ1) is 9.32. The molecule has 3 nitrogen and oxygen atoms in total. The van der Waals surface area contributed by atoms with Crippen LogP contribution in [-0.4, -0.2) is 16.0 Å². The Labute approximate surface area is 76.6 Å². The van der Waals surface area contributed by atoms with E-state index in [9.17, 15) is 0 Å². The molecule has 0 aliphatic carbocycles. The summed E-state index contributed by atoms with van der Waals surface area (Å²) in [5, 5.41) is 20.3. The molecule has 3 heteroatoms. The molecular formula is C10H11NO2. The van der Waals surface area contributed by atoms with Gasteiger partial charge < -0.3 is 10.3 Å². The third-order valence-corrected chi connectivity index (χ3v) is 1.57. The van der Waals surface area contributed by atoms with Gasteiger partial charge in [-0.1, -0.05) is 23.4 Å². The Hall–Kier alpha value is -1.77. The van der Waals surface area contributed by atoms with Gasteiger partial charge in [0, 0.05) is 0 Å². The van der Waals surface area contributed by atoms with Gasteiger partial charge in [-0.25, -0.2) is 0 Å². The van der Waals surface area contributed by atoms with E-state index in [1.54, 1.807) is 43.3 Å². The smallest absolute Gasteiger partial charge is 0.115 e. The Balaban J connectivity index is 2.75. The highest BCUT2D eigenvalue weighted by atomic mass is 16.4. The maximum atomic E-state index is 8.99. The molecule has 0 radical (unpaired) electrons. The number of benzene rings is 1. The van der Waals surface area contributed by atoms with Crippen molar-refractivity contribution in [2.75, 3.05) is 0 Å². The molecule has 0 unspecified atom stereocenters. The summed E-state index contributed by atoms with van der Waals surface area (Å²) >= 11 is 0. The van der Waals surface area contributed by atoms with Crippen molar-refractivity contribution in [3.8, 4) is 5.75 Å². The molecule has 0 fully saturated rings. The molecule has 0 spiro atoms. The van der Waals surface area contributed by atoms with Crippen LogP contribution < -0.4 is 0 Å². The number of oxime groups is 1. The van der Waals surface area contributed by atoms with E-state index >= 15 is 0 Å². The van der Waals surface area contributed by atoms with E-state index in [-0.39, 0.29) is 5.75 Å². The number of allylic oxidation sites excluding steroid dienone is 1. The minimum Gasteiger partial charge on any atom is -0.508 e. The zero-order chi connectivity index (χ0) is 9.68. The van der Waals surface area contributed by atoms with Crippen molar-refractivity contribution >= 4 is 11.8 Å². The van der Waals surface area contributed by atoms with Gasteiger partial charge in [0.15, 0.2) is 0 Å². The maximum Gasteiger partial charge on any atom is 0.115 e. The van der Waals surface area contributed by atoms with Gasteiger partial charge in [-0.15, -0.1) is 0 Å². The summed E-state index contributed by atoms with van der Waals surface area (Å²) in [7, 11) is 0. The van der Waals surface area contributed by atoms with Gasteiger partial charge in [0.1, 0.15) is 5.75 Å². The molecule has 0 heterocycles. The van der Waals surface area contributed by atoms with Crippen LogP contribution in [0.2, 0.25) is 0 Å². The monoisotopic (exact) mass is 177 g/mol. The Morgan fingerprint density at radius 3 is 2.46 bits per heavy atom. The van der Waals surface area contributed by atoms with E-state index in [0.29, 0.717) is 5.71 Å². The average Bonchev–Trinajstić information content (AvgIpc) is 2.16. The van der Waals surface area contributed by atoms with Crippen LogP contribution in [0, 0.1) is 0 Å². The summed E-state index contributed by atoms with van der Waals surface area (Å²) in [6.07, 6.45) is 3.49. The van der Waals surface area contributed by atoms with Crippen LogP contribution in [0.1, 0.15) is 12.5 Å². The van der Waals surface area contributed by atoms with Crippen LogP contribution in [0.25, 0.3) is 6.08 Å². The Bertz CT molecular complexity index is 325. The molecule has 0 saturated heterocycles. The molecule has 0 aromatic heterocycles. The van der Waals surface area contributed by atoms with Crippen molar-refractivity contribution in [2.24, 2.45) is 5.16 Å². The average molecular weight is 177 g/mol. The van der Waals surface area contributed by atoms with Gasteiger partial charge in [-0.2, -0.15) is 0 Å². The normalized spacial score (nSPS) is 12.2. The summed E-state index contributed by atoms with van der Waals surface area (Å²) in [5.41, 5.74) is 1.48. The first-order valence-electron chi connectivity index (χ1n) is 3.88. The third-order valence-electron chi connectivity index (χ3n) is 1.57. The van der Waals surface area contributed by atoms with Crippen LogP contribution >= 0.6 is 0 Å². The highest BCUT2D eigenvalue weighted by Crippen LogP contribution is 2.10. The lowest BCUT2D eigenvalue weighted by Crippen LogP contribution is -1.82. The van der Waals surface area contributed by atoms with E-state index < -0.39 is 0 Å². The number of hydrogen-bond donors (Lipinski definition) is 2. The fourth-order valence-electron chi connectivity index (χ4n) is 0.836. The molecule has 13 heavy (non-hydrogen) atoms. The van der Waals surface area contributed by atoms with Crippen molar-refractivity contribution in [3.63, 3.8) is 0 Å². The molecule has 1 aromatic rings.